The second kappa shape index (κ2) is 7.75. The van der Waals surface area contributed by atoms with Gasteiger partial charge in [-0.2, -0.15) is 13.2 Å². The van der Waals surface area contributed by atoms with Crippen LogP contribution in [0.25, 0.3) is 0 Å². The number of nitrogens with one attached hydrogen (secondary N) is 3. The molecule has 2 bridgehead atoms. The van der Waals surface area contributed by atoms with Crippen LogP contribution >= 0.6 is 0 Å². The van der Waals surface area contributed by atoms with Crippen molar-refractivity contribution in [2.24, 2.45) is 0 Å². The molecule has 3 N–H and O–H groups in total. The molecule has 0 aliphatic carbocycles. The van der Waals surface area contributed by atoms with Gasteiger partial charge in [-0.1, -0.05) is 6.08 Å². The summed E-state index contributed by atoms with van der Waals surface area (Å²) in [6.07, 6.45) is 0.175. The number of amides is 3. The van der Waals surface area contributed by atoms with Gasteiger partial charge in [0, 0.05) is 13.1 Å². The zero-order chi connectivity index (χ0) is 22.3. The molecular formula is C19H20F4N6O2. The standard InChI is InChI=1S/C19H20F4N6O2/c1-10(19(21,22)23)25-17(30)13-3-4-14-16(26-13)29(12-6-7-28(14)9-12)18(31)27-15-5-2-11(20)8-24-15/h2-5,8,10,12-13,26H,6-7,9H2,1H3,(H,25,30)(H,24,27,31)/t10-,12+,13?/m1/s1. The van der Waals surface area contributed by atoms with Gasteiger partial charge in [-0.15, -0.1) is 0 Å². The average molecular weight is 440 g/mol. The lowest BCUT2D eigenvalue weighted by Gasteiger charge is -2.41. The smallest absolute Gasteiger partial charge is 0.366 e. The zero-order valence-electron chi connectivity index (χ0n) is 16.4. The molecule has 3 aliphatic rings. The van der Waals surface area contributed by atoms with Crippen molar-refractivity contribution < 1.29 is 27.2 Å². The van der Waals surface area contributed by atoms with E-state index in [-0.39, 0.29) is 11.9 Å². The lowest BCUT2D eigenvalue weighted by molar-refractivity contribution is -0.158. The molecule has 0 aromatic carbocycles. The van der Waals surface area contributed by atoms with Crippen LogP contribution in [0.15, 0.2) is 42.0 Å². The highest BCUT2D eigenvalue weighted by atomic mass is 19.4. The van der Waals surface area contributed by atoms with E-state index in [0.717, 1.165) is 19.2 Å². The number of aromatic nitrogens is 1. The number of anilines is 1. The number of dihydropyridines is 1. The fourth-order valence-electron chi connectivity index (χ4n) is 3.76. The molecule has 166 valence electrons. The van der Waals surface area contributed by atoms with Crippen molar-refractivity contribution in [3.63, 3.8) is 0 Å². The maximum atomic E-state index is 13.1. The zero-order valence-corrected chi connectivity index (χ0v) is 16.4. The number of halogens is 4. The Bertz CT molecular complexity index is 946. The first-order chi connectivity index (χ1) is 14.6. The Labute approximate surface area is 175 Å². The number of carbonyl (C=O) groups excluding carboxylic acids is 2. The number of allylic oxidation sites excluding steroid dienone is 1. The molecule has 4 rings (SSSR count). The number of hydrogen-bond donors (Lipinski definition) is 3. The predicted octanol–water partition coefficient (Wildman–Crippen LogP) is 1.91. The summed E-state index contributed by atoms with van der Waals surface area (Å²) < 4.78 is 51.5. The first-order valence-corrected chi connectivity index (χ1v) is 9.66. The molecule has 0 spiro atoms. The van der Waals surface area contributed by atoms with Gasteiger partial charge in [0.25, 0.3) is 0 Å². The summed E-state index contributed by atoms with van der Waals surface area (Å²) in [5.74, 6) is -0.932. The van der Waals surface area contributed by atoms with E-state index in [1.807, 2.05) is 10.2 Å². The molecule has 3 amide bonds. The Hall–Kier alpha value is -3.31. The van der Waals surface area contributed by atoms with Crippen LogP contribution in [0.1, 0.15) is 13.3 Å². The van der Waals surface area contributed by atoms with Crippen LogP contribution in [0.4, 0.5) is 28.2 Å². The van der Waals surface area contributed by atoms with Crippen LogP contribution in [0.3, 0.4) is 0 Å². The maximum Gasteiger partial charge on any atom is 0.408 e. The third-order valence-electron chi connectivity index (χ3n) is 5.40. The third-order valence-corrected chi connectivity index (χ3v) is 5.40. The monoisotopic (exact) mass is 440 g/mol. The lowest BCUT2D eigenvalue weighted by Crippen LogP contribution is -2.57. The van der Waals surface area contributed by atoms with E-state index in [2.05, 4.69) is 15.6 Å². The minimum atomic E-state index is -4.57. The van der Waals surface area contributed by atoms with Crippen LogP contribution in [-0.4, -0.2) is 64.1 Å². The Balaban J connectivity index is 1.53. The summed E-state index contributed by atoms with van der Waals surface area (Å²) in [4.78, 5) is 32.7. The Kier molecular flexibility index (Phi) is 5.23. The number of urea groups is 1. The molecule has 12 heteroatoms. The number of rotatable bonds is 3. The summed E-state index contributed by atoms with van der Waals surface area (Å²) in [5, 5.41) is 7.42. The van der Waals surface area contributed by atoms with E-state index < -0.39 is 36.0 Å². The maximum absolute atomic E-state index is 13.1. The van der Waals surface area contributed by atoms with E-state index in [4.69, 9.17) is 0 Å². The molecule has 1 unspecified atom stereocenters. The van der Waals surface area contributed by atoms with Crippen LogP contribution < -0.4 is 16.0 Å². The van der Waals surface area contributed by atoms with E-state index in [9.17, 15) is 27.2 Å². The first kappa shape index (κ1) is 20.9. The number of hydrogen-bond acceptors (Lipinski definition) is 5. The summed E-state index contributed by atoms with van der Waals surface area (Å²) >= 11 is 0. The largest absolute Gasteiger partial charge is 0.408 e. The van der Waals surface area contributed by atoms with Gasteiger partial charge in [0.1, 0.15) is 29.5 Å². The molecule has 1 saturated heterocycles. The Morgan fingerprint density at radius 3 is 2.77 bits per heavy atom. The highest BCUT2D eigenvalue weighted by molar-refractivity contribution is 5.91. The fourth-order valence-corrected chi connectivity index (χ4v) is 3.76. The number of nitrogens with zero attached hydrogens (tertiary/aromatic N) is 3. The van der Waals surface area contributed by atoms with Crippen molar-refractivity contribution in [2.75, 3.05) is 18.4 Å². The second-order valence-corrected chi connectivity index (χ2v) is 7.54. The summed E-state index contributed by atoms with van der Waals surface area (Å²) in [6, 6.07) is -1.36. The van der Waals surface area contributed by atoms with Gasteiger partial charge in [-0.05, 0) is 31.6 Å². The van der Waals surface area contributed by atoms with Gasteiger partial charge < -0.3 is 15.5 Å². The highest BCUT2D eigenvalue weighted by Gasteiger charge is 2.43. The third kappa shape index (κ3) is 4.14. The number of fused-ring (bicyclic) bond motifs is 3. The quantitative estimate of drug-likeness (QED) is 0.625. The summed E-state index contributed by atoms with van der Waals surface area (Å²) in [5.41, 5.74) is 0.670. The molecule has 0 radical (unpaired) electrons. The highest BCUT2D eigenvalue weighted by Crippen LogP contribution is 2.33. The number of pyridine rings is 1. The molecule has 0 saturated carbocycles. The van der Waals surface area contributed by atoms with Crippen LogP contribution in [0.2, 0.25) is 0 Å². The number of alkyl halides is 3. The molecule has 8 nitrogen and oxygen atoms in total. The van der Waals surface area contributed by atoms with Crippen molar-refractivity contribution in [3.8, 4) is 0 Å². The van der Waals surface area contributed by atoms with Crippen LogP contribution in [-0.2, 0) is 4.79 Å². The Morgan fingerprint density at radius 2 is 2.10 bits per heavy atom. The van der Waals surface area contributed by atoms with Gasteiger partial charge >= 0.3 is 12.2 Å². The van der Waals surface area contributed by atoms with Crippen molar-refractivity contribution in [1.29, 1.82) is 0 Å². The normalized spacial score (nSPS) is 23.3. The van der Waals surface area contributed by atoms with E-state index >= 15 is 0 Å². The minimum absolute atomic E-state index is 0.147. The van der Waals surface area contributed by atoms with Crippen molar-refractivity contribution >= 4 is 17.8 Å². The van der Waals surface area contributed by atoms with E-state index in [1.165, 1.54) is 17.0 Å². The fraction of sp³-hybridized carbons (Fsp3) is 0.421. The first-order valence-electron chi connectivity index (χ1n) is 9.66. The van der Waals surface area contributed by atoms with Crippen molar-refractivity contribution in [2.45, 2.75) is 37.6 Å². The van der Waals surface area contributed by atoms with Crippen LogP contribution in [0.5, 0.6) is 0 Å². The molecule has 1 aromatic heterocycles. The Morgan fingerprint density at radius 1 is 1.32 bits per heavy atom. The van der Waals surface area contributed by atoms with E-state index in [1.54, 1.807) is 6.08 Å². The molecule has 3 atom stereocenters. The lowest BCUT2D eigenvalue weighted by atomic mass is 10.1. The van der Waals surface area contributed by atoms with Gasteiger partial charge in [0.2, 0.25) is 5.91 Å². The second-order valence-electron chi connectivity index (χ2n) is 7.54. The SMILES string of the molecule is C[C@@H](NC(=O)C1C=CC2=C(N1)N(C(=O)Nc1ccc(F)cn1)[C@H]1CCN2C1)C(F)(F)F. The molecule has 3 aliphatic heterocycles. The van der Waals surface area contributed by atoms with E-state index in [0.29, 0.717) is 31.0 Å². The van der Waals surface area contributed by atoms with Gasteiger partial charge in [-0.3, -0.25) is 15.0 Å². The summed E-state index contributed by atoms with van der Waals surface area (Å²) in [7, 11) is 0. The van der Waals surface area contributed by atoms with Crippen LogP contribution in [0, 0.1) is 5.82 Å². The van der Waals surface area contributed by atoms with Gasteiger partial charge in [-0.25, -0.2) is 14.2 Å². The topological polar surface area (TPSA) is 89.6 Å². The molecule has 1 fully saturated rings. The van der Waals surface area contributed by atoms with Crippen molar-refractivity contribution in [3.05, 3.63) is 47.8 Å². The molecule has 1 aromatic rings. The number of carbonyl (C=O) groups is 2. The van der Waals surface area contributed by atoms with Gasteiger partial charge in [0.15, 0.2) is 0 Å². The average Bonchev–Trinajstić information content (AvgIpc) is 3.13. The molecular weight excluding hydrogens is 420 g/mol. The molecule has 4 heterocycles. The van der Waals surface area contributed by atoms with Gasteiger partial charge in [0.05, 0.1) is 17.9 Å². The molecule has 31 heavy (non-hydrogen) atoms. The van der Waals surface area contributed by atoms with Crippen molar-refractivity contribution in [1.82, 2.24) is 25.4 Å². The summed E-state index contributed by atoms with van der Waals surface area (Å²) in [6.45, 7) is 2.13. The minimum Gasteiger partial charge on any atom is -0.366 e. The predicted molar refractivity (Wildman–Crippen MR) is 102 cm³/mol.